The number of alkyl halides is 3. The lowest BCUT2D eigenvalue weighted by Gasteiger charge is -2.34. The maximum Gasteiger partial charge on any atom is 0.401 e. The molecule has 1 rings (SSSR count). The van der Waals surface area contributed by atoms with Gasteiger partial charge in [0.05, 0.1) is 6.54 Å². The van der Waals surface area contributed by atoms with Crippen LogP contribution in [0.4, 0.5) is 13.2 Å². The van der Waals surface area contributed by atoms with Crippen LogP contribution in [-0.4, -0.2) is 36.5 Å². The van der Waals surface area contributed by atoms with Gasteiger partial charge in [0.25, 0.3) is 0 Å². The first-order valence-corrected chi connectivity index (χ1v) is 6.94. The van der Waals surface area contributed by atoms with Crippen molar-refractivity contribution in [2.45, 2.75) is 45.2 Å². The van der Waals surface area contributed by atoms with Crippen molar-refractivity contribution in [1.29, 1.82) is 0 Å². The zero-order valence-corrected chi connectivity index (χ0v) is 11.3. The van der Waals surface area contributed by atoms with E-state index in [0.717, 1.165) is 32.1 Å². The Labute approximate surface area is 107 Å². The molecule has 0 heterocycles. The van der Waals surface area contributed by atoms with Crippen LogP contribution in [-0.2, 0) is 0 Å². The average Bonchev–Trinajstić information content (AvgIpc) is 2.65. The topological polar surface area (TPSA) is 3.24 Å². The largest absolute Gasteiger partial charge is 0.401 e. The Hall–Kier alpha value is 0.100. The van der Waals surface area contributed by atoms with E-state index in [1.165, 1.54) is 0 Å². The Morgan fingerprint density at radius 3 is 2.24 bits per heavy atom. The summed E-state index contributed by atoms with van der Waals surface area (Å²) in [6.07, 6.45) is 0.979. The summed E-state index contributed by atoms with van der Waals surface area (Å²) in [6, 6.07) is 0. The lowest BCUT2D eigenvalue weighted by atomic mass is 9.88. The van der Waals surface area contributed by atoms with E-state index >= 15 is 0 Å². The molecule has 1 saturated carbocycles. The molecule has 0 bridgehead atoms. The monoisotopic (exact) mass is 269 g/mol. The highest BCUT2D eigenvalue weighted by Gasteiger charge is 2.37. The van der Waals surface area contributed by atoms with Crippen molar-refractivity contribution < 1.29 is 13.2 Å². The number of halogens is 3. The highest BCUT2D eigenvalue weighted by Crippen LogP contribution is 2.40. The highest BCUT2D eigenvalue weighted by atomic mass is 32.1. The number of thiol groups is 1. The van der Waals surface area contributed by atoms with Crippen LogP contribution in [0.2, 0.25) is 0 Å². The number of hydrogen-bond acceptors (Lipinski definition) is 2. The van der Waals surface area contributed by atoms with Crippen LogP contribution in [0, 0.1) is 5.41 Å². The molecule has 1 fully saturated rings. The van der Waals surface area contributed by atoms with Crippen LogP contribution >= 0.6 is 12.6 Å². The third kappa shape index (κ3) is 5.08. The first kappa shape index (κ1) is 15.2. The van der Waals surface area contributed by atoms with Crippen LogP contribution in [0.3, 0.4) is 0 Å². The first-order valence-electron chi connectivity index (χ1n) is 6.31. The molecule has 0 N–H and O–H groups in total. The van der Waals surface area contributed by atoms with Crippen LogP contribution in [0.25, 0.3) is 0 Å². The van der Waals surface area contributed by atoms with E-state index in [2.05, 4.69) is 12.6 Å². The molecule has 0 radical (unpaired) electrons. The van der Waals surface area contributed by atoms with E-state index in [1.54, 1.807) is 4.90 Å². The predicted molar refractivity (Wildman–Crippen MR) is 67.5 cm³/mol. The van der Waals surface area contributed by atoms with Gasteiger partial charge in [-0.1, -0.05) is 19.8 Å². The second-order valence-corrected chi connectivity index (χ2v) is 5.51. The van der Waals surface area contributed by atoms with Crippen LogP contribution in [0.5, 0.6) is 0 Å². The van der Waals surface area contributed by atoms with E-state index in [-0.39, 0.29) is 5.41 Å². The van der Waals surface area contributed by atoms with Crippen molar-refractivity contribution >= 4 is 12.6 Å². The first-order chi connectivity index (χ1) is 7.91. The van der Waals surface area contributed by atoms with Crippen LogP contribution in [0.15, 0.2) is 0 Å². The molecule has 0 aromatic carbocycles. The van der Waals surface area contributed by atoms with Gasteiger partial charge in [0, 0.05) is 6.54 Å². The second-order valence-electron chi connectivity index (χ2n) is 5.19. The van der Waals surface area contributed by atoms with Crippen LogP contribution in [0.1, 0.15) is 39.0 Å². The van der Waals surface area contributed by atoms with E-state index in [1.807, 2.05) is 6.92 Å². The Kier molecular flexibility index (Phi) is 5.64. The molecule has 0 unspecified atom stereocenters. The molecule has 1 nitrogen and oxygen atoms in total. The van der Waals surface area contributed by atoms with Gasteiger partial charge in [-0.2, -0.15) is 25.8 Å². The summed E-state index contributed by atoms with van der Waals surface area (Å²) in [5, 5.41) is 0. The number of nitrogens with zero attached hydrogens (tertiary/aromatic N) is 1. The summed E-state index contributed by atoms with van der Waals surface area (Å²) in [7, 11) is 0. The number of rotatable bonds is 6. The minimum Gasteiger partial charge on any atom is -0.294 e. The van der Waals surface area contributed by atoms with Crippen molar-refractivity contribution in [3.63, 3.8) is 0 Å². The molecule has 0 spiro atoms. The van der Waals surface area contributed by atoms with E-state index in [4.69, 9.17) is 0 Å². The fourth-order valence-corrected chi connectivity index (χ4v) is 3.17. The van der Waals surface area contributed by atoms with Crippen molar-refractivity contribution in [3.05, 3.63) is 0 Å². The summed E-state index contributed by atoms with van der Waals surface area (Å²) in [5.41, 5.74) is 0.0174. The van der Waals surface area contributed by atoms with Gasteiger partial charge in [-0.3, -0.25) is 4.90 Å². The second kappa shape index (κ2) is 6.32. The molecule has 0 atom stereocenters. The lowest BCUT2D eigenvalue weighted by Crippen LogP contribution is -2.42. The summed E-state index contributed by atoms with van der Waals surface area (Å²) in [4.78, 5) is 1.56. The molecule has 102 valence electrons. The molecule has 0 aromatic rings. The molecule has 0 amide bonds. The zero-order valence-electron chi connectivity index (χ0n) is 10.4. The van der Waals surface area contributed by atoms with Gasteiger partial charge in [-0.25, -0.2) is 0 Å². The van der Waals surface area contributed by atoms with Crippen molar-refractivity contribution in [2.75, 3.05) is 25.4 Å². The molecular formula is C12H22F3NS. The van der Waals surface area contributed by atoms with Gasteiger partial charge in [-0.05, 0) is 37.0 Å². The summed E-state index contributed by atoms with van der Waals surface area (Å²) in [5.74, 6) is 0.699. The maximum absolute atomic E-state index is 12.5. The third-order valence-electron chi connectivity index (χ3n) is 3.50. The van der Waals surface area contributed by atoms with Crippen molar-refractivity contribution in [1.82, 2.24) is 4.90 Å². The Morgan fingerprint density at radius 1 is 1.24 bits per heavy atom. The van der Waals surface area contributed by atoms with Crippen LogP contribution < -0.4 is 0 Å². The molecule has 1 aliphatic rings. The van der Waals surface area contributed by atoms with Gasteiger partial charge < -0.3 is 0 Å². The smallest absolute Gasteiger partial charge is 0.294 e. The predicted octanol–water partition coefficient (Wildman–Crippen LogP) is 3.75. The molecular weight excluding hydrogens is 247 g/mol. The average molecular weight is 269 g/mol. The Balaban J connectivity index is 2.58. The summed E-state index contributed by atoms with van der Waals surface area (Å²) < 4.78 is 37.4. The maximum atomic E-state index is 12.5. The van der Waals surface area contributed by atoms with Gasteiger partial charge >= 0.3 is 6.18 Å². The van der Waals surface area contributed by atoms with Crippen molar-refractivity contribution in [2.24, 2.45) is 5.41 Å². The fourth-order valence-electron chi connectivity index (χ4n) is 2.75. The third-order valence-corrected chi connectivity index (χ3v) is 4.17. The highest BCUT2D eigenvalue weighted by molar-refractivity contribution is 7.80. The van der Waals surface area contributed by atoms with E-state index in [9.17, 15) is 13.2 Å². The molecule has 17 heavy (non-hydrogen) atoms. The van der Waals surface area contributed by atoms with Gasteiger partial charge in [0.2, 0.25) is 0 Å². The fraction of sp³-hybridized carbons (Fsp3) is 1.00. The Morgan fingerprint density at radius 2 is 1.82 bits per heavy atom. The summed E-state index contributed by atoms with van der Waals surface area (Å²) in [6.45, 7) is 2.21. The molecule has 0 aliphatic heterocycles. The van der Waals surface area contributed by atoms with E-state index in [0.29, 0.717) is 18.8 Å². The van der Waals surface area contributed by atoms with Crippen molar-refractivity contribution in [3.8, 4) is 0 Å². The van der Waals surface area contributed by atoms with E-state index < -0.39 is 12.7 Å². The van der Waals surface area contributed by atoms with Gasteiger partial charge in [-0.15, -0.1) is 0 Å². The molecule has 5 heteroatoms. The van der Waals surface area contributed by atoms with Gasteiger partial charge in [0.15, 0.2) is 0 Å². The lowest BCUT2D eigenvalue weighted by molar-refractivity contribution is -0.148. The molecule has 1 aliphatic carbocycles. The standard InChI is InChI=1S/C12H22F3NS/c1-2-7-16(9-12(13,14)15)8-11(10-17)5-3-4-6-11/h17H,2-10H2,1H3. The molecule has 0 aromatic heterocycles. The number of hydrogen-bond donors (Lipinski definition) is 1. The quantitative estimate of drug-likeness (QED) is 0.719. The SMILES string of the molecule is CCCN(CC(F)(F)F)CC1(CS)CCCC1. The zero-order chi connectivity index (χ0) is 12.9. The minimum atomic E-state index is -4.09. The Bertz CT molecular complexity index is 224. The molecule has 0 saturated heterocycles. The van der Waals surface area contributed by atoms with Gasteiger partial charge in [0.1, 0.15) is 0 Å². The normalized spacial score (nSPS) is 20.1. The summed E-state index contributed by atoms with van der Waals surface area (Å²) >= 11 is 4.35. The minimum absolute atomic E-state index is 0.0174.